The average Bonchev–Trinajstić information content (AvgIpc) is 2.88. The molecule has 1 aliphatic rings. The van der Waals surface area contributed by atoms with Crippen LogP contribution in [0.5, 0.6) is 0 Å². The fraction of sp³-hybridized carbons (Fsp3) is 0.571. The number of aromatic nitrogens is 1. The summed E-state index contributed by atoms with van der Waals surface area (Å²) in [6.45, 7) is 7.31. The van der Waals surface area contributed by atoms with Crippen LogP contribution < -0.4 is 5.32 Å². The Kier molecular flexibility index (Phi) is 6.17. The van der Waals surface area contributed by atoms with Gasteiger partial charge in [0.1, 0.15) is 0 Å². The molecule has 5 nitrogen and oxygen atoms in total. The number of amides is 1. The number of thiazole rings is 1. The van der Waals surface area contributed by atoms with Crippen molar-refractivity contribution in [1.82, 2.24) is 15.2 Å². The van der Waals surface area contributed by atoms with Crippen LogP contribution >= 0.6 is 11.3 Å². The fourth-order valence-electron chi connectivity index (χ4n) is 2.02. The molecule has 1 saturated heterocycles. The van der Waals surface area contributed by atoms with E-state index in [1.807, 2.05) is 12.3 Å². The first-order chi connectivity index (χ1) is 9.74. The third-order valence-electron chi connectivity index (χ3n) is 3.10. The molecule has 1 amide bonds. The Labute approximate surface area is 123 Å². The molecule has 20 heavy (non-hydrogen) atoms. The molecule has 2 rings (SSSR count). The number of aryl methyl sites for hydroxylation is 1. The molecule has 1 aromatic rings. The summed E-state index contributed by atoms with van der Waals surface area (Å²) in [6, 6.07) is 0. The molecule has 0 radical (unpaired) electrons. The Bertz CT molecular complexity index is 453. The smallest absolute Gasteiger partial charge is 0.244 e. The number of ether oxygens (including phenoxy) is 1. The lowest BCUT2D eigenvalue weighted by Crippen LogP contribution is -2.38. The van der Waals surface area contributed by atoms with E-state index in [4.69, 9.17) is 4.74 Å². The highest BCUT2D eigenvalue weighted by atomic mass is 32.1. The lowest BCUT2D eigenvalue weighted by atomic mass is 10.3. The fourth-order valence-corrected chi connectivity index (χ4v) is 2.60. The normalized spacial score (nSPS) is 16.6. The number of carbonyl (C=O) groups excluding carboxylic acids is 1. The van der Waals surface area contributed by atoms with Crippen LogP contribution in [0.2, 0.25) is 0 Å². The van der Waals surface area contributed by atoms with Crippen LogP contribution in [0.4, 0.5) is 0 Å². The second-order valence-electron chi connectivity index (χ2n) is 4.72. The highest BCUT2D eigenvalue weighted by Crippen LogP contribution is 2.08. The first-order valence-corrected chi connectivity index (χ1v) is 7.80. The maximum atomic E-state index is 11.6. The van der Waals surface area contributed by atoms with Gasteiger partial charge in [-0.3, -0.25) is 9.69 Å². The maximum absolute atomic E-state index is 11.6. The molecule has 1 N–H and O–H groups in total. The summed E-state index contributed by atoms with van der Waals surface area (Å²) in [7, 11) is 0. The van der Waals surface area contributed by atoms with E-state index in [1.165, 1.54) is 0 Å². The van der Waals surface area contributed by atoms with Crippen molar-refractivity contribution in [2.45, 2.75) is 13.3 Å². The van der Waals surface area contributed by atoms with Crippen molar-refractivity contribution in [2.24, 2.45) is 0 Å². The number of hydrogen-bond donors (Lipinski definition) is 1. The van der Waals surface area contributed by atoms with Crippen molar-refractivity contribution in [1.29, 1.82) is 0 Å². The molecule has 1 aliphatic heterocycles. The zero-order valence-corrected chi connectivity index (χ0v) is 12.6. The van der Waals surface area contributed by atoms with Gasteiger partial charge in [0, 0.05) is 31.1 Å². The van der Waals surface area contributed by atoms with Crippen molar-refractivity contribution in [3.8, 4) is 0 Å². The Morgan fingerprint density at radius 1 is 1.55 bits per heavy atom. The number of morpholine rings is 1. The Morgan fingerprint density at radius 2 is 2.35 bits per heavy atom. The molecule has 0 unspecified atom stereocenters. The Hall–Kier alpha value is -1.24. The Morgan fingerprint density at radius 3 is 3.05 bits per heavy atom. The van der Waals surface area contributed by atoms with Gasteiger partial charge < -0.3 is 10.1 Å². The van der Waals surface area contributed by atoms with E-state index in [2.05, 4.69) is 15.2 Å². The van der Waals surface area contributed by atoms with Gasteiger partial charge in [-0.2, -0.15) is 0 Å². The number of carbonyl (C=O) groups is 1. The Balaban J connectivity index is 1.59. The monoisotopic (exact) mass is 295 g/mol. The van der Waals surface area contributed by atoms with Gasteiger partial charge in [-0.1, -0.05) is 0 Å². The van der Waals surface area contributed by atoms with E-state index in [0.717, 1.165) is 50.0 Å². The topological polar surface area (TPSA) is 54.5 Å². The van der Waals surface area contributed by atoms with E-state index >= 15 is 0 Å². The first kappa shape index (κ1) is 15.2. The van der Waals surface area contributed by atoms with E-state index in [9.17, 15) is 4.79 Å². The van der Waals surface area contributed by atoms with Crippen molar-refractivity contribution in [3.05, 3.63) is 22.2 Å². The summed E-state index contributed by atoms with van der Waals surface area (Å²) in [6.07, 6.45) is 4.26. The predicted molar refractivity (Wildman–Crippen MR) is 80.8 cm³/mol. The minimum absolute atomic E-state index is 0.0577. The van der Waals surface area contributed by atoms with Gasteiger partial charge in [0.15, 0.2) is 0 Å². The largest absolute Gasteiger partial charge is 0.379 e. The molecular formula is C14H21N3O2S. The second-order valence-corrected chi connectivity index (χ2v) is 5.79. The second kappa shape index (κ2) is 8.14. The van der Waals surface area contributed by atoms with Crippen molar-refractivity contribution in [3.63, 3.8) is 0 Å². The van der Waals surface area contributed by atoms with E-state index < -0.39 is 0 Å². The summed E-state index contributed by atoms with van der Waals surface area (Å²) in [5, 5.41) is 5.84. The highest BCUT2D eigenvalue weighted by molar-refractivity contribution is 7.09. The predicted octanol–water partition coefficient (Wildman–Crippen LogP) is 1.30. The molecular weight excluding hydrogens is 274 g/mol. The van der Waals surface area contributed by atoms with Gasteiger partial charge in [-0.15, -0.1) is 11.3 Å². The number of nitrogens with zero attached hydrogens (tertiary/aromatic N) is 2. The van der Waals surface area contributed by atoms with Crippen LogP contribution in [0.1, 0.15) is 17.1 Å². The van der Waals surface area contributed by atoms with Crippen molar-refractivity contribution < 1.29 is 9.53 Å². The SMILES string of the molecule is Cc1nc(/C=C/C(=O)NCCCN2CCOCC2)cs1. The van der Waals surface area contributed by atoms with E-state index in [1.54, 1.807) is 23.5 Å². The van der Waals surface area contributed by atoms with Crippen molar-refractivity contribution in [2.75, 3.05) is 39.4 Å². The zero-order chi connectivity index (χ0) is 14.2. The average molecular weight is 295 g/mol. The van der Waals surface area contributed by atoms with Gasteiger partial charge in [-0.05, 0) is 26.0 Å². The minimum Gasteiger partial charge on any atom is -0.379 e. The molecule has 0 aliphatic carbocycles. The first-order valence-electron chi connectivity index (χ1n) is 6.92. The molecule has 0 atom stereocenters. The van der Waals surface area contributed by atoms with E-state index in [0.29, 0.717) is 6.54 Å². The molecule has 6 heteroatoms. The molecule has 1 fully saturated rings. The molecule has 0 bridgehead atoms. The van der Waals surface area contributed by atoms with Crippen LogP contribution in [0.15, 0.2) is 11.5 Å². The lowest BCUT2D eigenvalue weighted by molar-refractivity contribution is -0.116. The maximum Gasteiger partial charge on any atom is 0.244 e. The van der Waals surface area contributed by atoms with Crippen LogP contribution in [0.3, 0.4) is 0 Å². The molecule has 110 valence electrons. The number of nitrogens with one attached hydrogen (secondary N) is 1. The molecule has 2 heterocycles. The minimum atomic E-state index is -0.0577. The molecule has 0 saturated carbocycles. The summed E-state index contributed by atoms with van der Waals surface area (Å²) in [5.41, 5.74) is 0.843. The van der Waals surface area contributed by atoms with Crippen LogP contribution in [0, 0.1) is 6.92 Å². The van der Waals surface area contributed by atoms with Crippen molar-refractivity contribution >= 4 is 23.3 Å². The van der Waals surface area contributed by atoms with Gasteiger partial charge in [0.05, 0.1) is 23.9 Å². The summed E-state index contributed by atoms with van der Waals surface area (Å²) in [5.74, 6) is -0.0577. The quantitative estimate of drug-likeness (QED) is 0.635. The number of hydrogen-bond acceptors (Lipinski definition) is 5. The summed E-state index contributed by atoms with van der Waals surface area (Å²) in [4.78, 5) is 18.3. The third kappa shape index (κ3) is 5.40. The van der Waals surface area contributed by atoms with Gasteiger partial charge in [-0.25, -0.2) is 4.98 Å². The summed E-state index contributed by atoms with van der Waals surface area (Å²) >= 11 is 1.58. The zero-order valence-electron chi connectivity index (χ0n) is 11.8. The summed E-state index contributed by atoms with van der Waals surface area (Å²) < 4.78 is 5.29. The van der Waals surface area contributed by atoms with E-state index in [-0.39, 0.29) is 5.91 Å². The van der Waals surface area contributed by atoms with Crippen LogP contribution in [0.25, 0.3) is 6.08 Å². The third-order valence-corrected chi connectivity index (χ3v) is 3.89. The molecule has 0 aromatic carbocycles. The van der Waals surface area contributed by atoms with Gasteiger partial charge in [0.2, 0.25) is 5.91 Å². The number of rotatable bonds is 6. The lowest BCUT2D eigenvalue weighted by Gasteiger charge is -2.26. The van der Waals surface area contributed by atoms with Gasteiger partial charge in [0.25, 0.3) is 0 Å². The molecule has 1 aromatic heterocycles. The van der Waals surface area contributed by atoms with Crippen LogP contribution in [-0.4, -0.2) is 55.2 Å². The molecule has 0 spiro atoms. The van der Waals surface area contributed by atoms with Crippen LogP contribution in [-0.2, 0) is 9.53 Å². The highest BCUT2D eigenvalue weighted by Gasteiger charge is 2.09. The standard InChI is InChI=1S/C14H21N3O2S/c1-12-16-13(11-20-12)3-4-14(18)15-5-2-6-17-7-9-19-10-8-17/h3-4,11H,2,5-10H2,1H3,(H,15,18)/b4-3+. The van der Waals surface area contributed by atoms with Gasteiger partial charge >= 0.3 is 0 Å².